The maximum atomic E-state index is 12.7. The predicted octanol–water partition coefficient (Wildman–Crippen LogP) is 5.18. The largest absolute Gasteiger partial charge is 0.493 e. The molecule has 0 spiro atoms. The number of pyridine rings is 2. The van der Waals surface area contributed by atoms with E-state index in [0.717, 1.165) is 21.8 Å². The first-order valence-electron chi connectivity index (χ1n) is 10.7. The molecule has 9 heteroatoms. The van der Waals surface area contributed by atoms with Crippen LogP contribution < -0.4 is 24.3 Å². The van der Waals surface area contributed by atoms with Crippen LogP contribution in [0.25, 0.3) is 21.8 Å². The Hall–Kier alpha value is -4.79. The molecule has 35 heavy (non-hydrogen) atoms. The van der Waals surface area contributed by atoms with E-state index in [0.29, 0.717) is 40.3 Å². The van der Waals surface area contributed by atoms with Gasteiger partial charge in [0, 0.05) is 34.6 Å². The summed E-state index contributed by atoms with van der Waals surface area (Å²) in [5.74, 6) is 2.61. The van der Waals surface area contributed by atoms with Gasteiger partial charge in [-0.2, -0.15) is 0 Å². The number of methoxy groups -OCH3 is 3. The van der Waals surface area contributed by atoms with E-state index in [9.17, 15) is 4.79 Å². The zero-order valence-corrected chi connectivity index (χ0v) is 19.3. The summed E-state index contributed by atoms with van der Waals surface area (Å²) < 4.78 is 22.0. The Morgan fingerprint density at radius 3 is 2.43 bits per heavy atom. The van der Waals surface area contributed by atoms with Crippen molar-refractivity contribution in [3.05, 3.63) is 72.7 Å². The highest BCUT2D eigenvalue weighted by Gasteiger charge is 2.14. The fourth-order valence-electron chi connectivity index (χ4n) is 3.73. The summed E-state index contributed by atoms with van der Waals surface area (Å²) in [5, 5.41) is 4.43. The van der Waals surface area contributed by atoms with Gasteiger partial charge in [-0.1, -0.05) is 0 Å². The van der Waals surface area contributed by atoms with Crippen LogP contribution in [0.3, 0.4) is 0 Å². The summed E-state index contributed by atoms with van der Waals surface area (Å²) in [4.78, 5) is 24.4. The number of ether oxygens (including phenoxy) is 4. The number of hydrogen-bond acceptors (Lipinski definition) is 7. The molecule has 3 aromatic heterocycles. The highest BCUT2D eigenvalue weighted by molar-refractivity contribution is 6.06. The lowest BCUT2D eigenvalue weighted by atomic mass is 10.1. The SMILES string of the molecule is COc1ccc(NC(=O)c2cc3cc(Oc4ccnc5cc(OC)c(OC)cc45)ccc3[nH]2)cn1. The Morgan fingerprint density at radius 2 is 1.69 bits per heavy atom. The van der Waals surface area contributed by atoms with E-state index >= 15 is 0 Å². The molecule has 0 unspecified atom stereocenters. The van der Waals surface area contributed by atoms with Gasteiger partial charge < -0.3 is 29.2 Å². The Balaban J connectivity index is 1.40. The Morgan fingerprint density at radius 1 is 0.857 bits per heavy atom. The number of hydrogen-bond donors (Lipinski definition) is 2. The molecule has 2 N–H and O–H groups in total. The summed E-state index contributed by atoms with van der Waals surface area (Å²) in [6, 6.07) is 16.2. The van der Waals surface area contributed by atoms with Gasteiger partial charge in [-0.3, -0.25) is 9.78 Å². The van der Waals surface area contributed by atoms with Crippen LogP contribution in [-0.4, -0.2) is 42.2 Å². The maximum Gasteiger partial charge on any atom is 0.272 e. The van der Waals surface area contributed by atoms with Gasteiger partial charge in [0.05, 0.1) is 38.7 Å². The number of H-pyrrole nitrogens is 1. The molecular weight excluding hydrogens is 448 g/mol. The number of nitrogens with zero attached hydrogens (tertiary/aromatic N) is 2. The van der Waals surface area contributed by atoms with Crippen LogP contribution in [0.5, 0.6) is 28.9 Å². The normalized spacial score (nSPS) is 10.8. The average molecular weight is 470 g/mol. The number of carbonyl (C=O) groups is 1. The Labute approximate surface area is 200 Å². The standard InChI is InChI=1S/C26H22N4O5/c1-32-23-12-18-20(13-24(23)33-2)27-9-8-22(18)35-17-5-6-19-15(10-17)11-21(30-19)26(31)29-16-4-7-25(34-3)28-14-16/h4-14,30H,1-3H3,(H,29,31). The number of benzene rings is 2. The zero-order valence-electron chi connectivity index (χ0n) is 19.3. The van der Waals surface area contributed by atoms with E-state index < -0.39 is 0 Å². The highest BCUT2D eigenvalue weighted by atomic mass is 16.5. The third kappa shape index (κ3) is 4.39. The van der Waals surface area contributed by atoms with Crippen molar-refractivity contribution in [1.29, 1.82) is 0 Å². The molecule has 176 valence electrons. The number of aromatic nitrogens is 3. The molecule has 1 amide bonds. The van der Waals surface area contributed by atoms with Crippen LogP contribution in [0.4, 0.5) is 5.69 Å². The number of nitrogens with one attached hydrogen (secondary N) is 2. The van der Waals surface area contributed by atoms with Crippen molar-refractivity contribution in [2.24, 2.45) is 0 Å². The van der Waals surface area contributed by atoms with Crippen LogP contribution in [0.15, 0.2) is 67.0 Å². The second-order valence-electron chi connectivity index (χ2n) is 7.61. The van der Waals surface area contributed by atoms with Crippen LogP contribution >= 0.6 is 0 Å². The second kappa shape index (κ2) is 9.22. The van der Waals surface area contributed by atoms with Crippen molar-refractivity contribution in [2.75, 3.05) is 26.6 Å². The van der Waals surface area contributed by atoms with Crippen molar-refractivity contribution in [2.45, 2.75) is 0 Å². The monoisotopic (exact) mass is 470 g/mol. The van der Waals surface area contributed by atoms with Crippen molar-refractivity contribution >= 4 is 33.4 Å². The molecule has 0 saturated carbocycles. The molecule has 2 aromatic carbocycles. The number of carbonyl (C=O) groups excluding carboxylic acids is 1. The molecule has 5 aromatic rings. The summed E-state index contributed by atoms with van der Waals surface area (Å²) in [5.41, 5.74) is 2.51. The van der Waals surface area contributed by atoms with Crippen molar-refractivity contribution in [3.8, 4) is 28.9 Å². The summed E-state index contributed by atoms with van der Waals surface area (Å²) in [6.45, 7) is 0. The van der Waals surface area contributed by atoms with Crippen LogP contribution in [0, 0.1) is 0 Å². The molecule has 0 aliphatic heterocycles. The molecule has 0 atom stereocenters. The molecule has 0 aliphatic rings. The molecule has 0 bridgehead atoms. The average Bonchev–Trinajstić information content (AvgIpc) is 3.32. The molecule has 0 fully saturated rings. The van der Waals surface area contributed by atoms with Crippen molar-refractivity contribution in [1.82, 2.24) is 15.0 Å². The minimum absolute atomic E-state index is 0.281. The van der Waals surface area contributed by atoms with Gasteiger partial charge in [-0.05, 0) is 42.5 Å². The van der Waals surface area contributed by atoms with E-state index in [-0.39, 0.29) is 5.91 Å². The quantitative estimate of drug-likeness (QED) is 0.337. The highest BCUT2D eigenvalue weighted by Crippen LogP contribution is 2.37. The van der Waals surface area contributed by atoms with Crippen molar-refractivity contribution in [3.63, 3.8) is 0 Å². The van der Waals surface area contributed by atoms with Crippen LogP contribution in [-0.2, 0) is 0 Å². The first kappa shape index (κ1) is 22.0. The van der Waals surface area contributed by atoms with Crippen LogP contribution in [0.1, 0.15) is 10.5 Å². The van der Waals surface area contributed by atoms with Crippen molar-refractivity contribution < 1.29 is 23.7 Å². The van der Waals surface area contributed by atoms with E-state index in [1.807, 2.05) is 24.3 Å². The number of fused-ring (bicyclic) bond motifs is 2. The summed E-state index contributed by atoms with van der Waals surface area (Å²) in [6.07, 6.45) is 3.21. The molecule has 9 nitrogen and oxygen atoms in total. The van der Waals surface area contributed by atoms with E-state index in [1.165, 1.54) is 13.3 Å². The van der Waals surface area contributed by atoms with Gasteiger partial charge in [0.25, 0.3) is 5.91 Å². The molecule has 0 radical (unpaired) electrons. The van der Waals surface area contributed by atoms with Gasteiger partial charge in [0.15, 0.2) is 11.5 Å². The number of rotatable bonds is 7. The predicted molar refractivity (Wildman–Crippen MR) is 132 cm³/mol. The Bertz CT molecular complexity index is 1530. The third-order valence-corrected chi connectivity index (χ3v) is 5.47. The smallest absolute Gasteiger partial charge is 0.272 e. The van der Waals surface area contributed by atoms with E-state index in [4.69, 9.17) is 18.9 Å². The van der Waals surface area contributed by atoms with Gasteiger partial charge in [0.2, 0.25) is 5.88 Å². The lowest BCUT2D eigenvalue weighted by Crippen LogP contribution is -2.12. The first-order valence-corrected chi connectivity index (χ1v) is 10.7. The number of amides is 1. The van der Waals surface area contributed by atoms with E-state index in [1.54, 1.807) is 50.7 Å². The maximum absolute atomic E-state index is 12.7. The third-order valence-electron chi connectivity index (χ3n) is 5.47. The van der Waals surface area contributed by atoms with Gasteiger partial charge in [-0.25, -0.2) is 4.98 Å². The molecule has 0 saturated heterocycles. The lowest BCUT2D eigenvalue weighted by Gasteiger charge is -2.12. The van der Waals surface area contributed by atoms with Gasteiger partial charge in [-0.15, -0.1) is 0 Å². The molecule has 0 aliphatic carbocycles. The fourth-order valence-corrected chi connectivity index (χ4v) is 3.73. The Kier molecular flexibility index (Phi) is 5.80. The zero-order chi connectivity index (χ0) is 24.4. The minimum Gasteiger partial charge on any atom is -0.493 e. The first-order chi connectivity index (χ1) is 17.1. The number of aromatic amines is 1. The molecular formula is C26H22N4O5. The lowest BCUT2D eigenvalue weighted by molar-refractivity contribution is 0.102. The van der Waals surface area contributed by atoms with Gasteiger partial charge >= 0.3 is 0 Å². The van der Waals surface area contributed by atoms with E-state index in [2.05, 4.69) is 20.3 Å². The van der Waals surface area contributed by atoms with Crippen LogP contribution in [0.2, 0.25) is 0 Å². The number of anilines is 1. The molecule has 3 heterocycles. The summed E-state index contributed by atoms with van der Waals surface area (Å²) >= 11 is 0. The minimum atomic E-state index is -0.281. The summed E-state index contributed by atoms with van der Waals surface area (Å²) in [7, 11) is 4.70. The second-order valence-corrected chi connectivity index (χ2v) is 7.61. The van der Waals surface area contributed by atoms with Gasteiger partial charge in [0.1, 0.15) is 17.2 Å². The molecule has 5 rings (SSSR count). The topological polar surface area (TPSA) is 108 Å². The fraction of sp³-hybridized carbons (Fsp3) is 0.115.